The van der Waals surface area contributed by atoms with Crippen molar-refractivity contribution in [2.75, 3.05) is 27.2 Å². The van der Waals surface area contributed by atoms with Gasteiger partial charge in [0.1, 0.15) is 12.4 Å². The highest BCUT2D eigenvalue weighted by Gasteiger charge is 2.13. The van der Waals surface area contributed by atoms with Gasteiger partial charge in [0.15, 0.2) is 0 Å². The fraction of sp³-hybridized carbons (Fsp3) is 0.846. The number of Topliss-reactive ketones (excluding diaryl/α,β-unsaturated/α-hetero) is 1. The van der Waals surface area contributed by atoms with Crippen molar-refractivity contribution in [3.63, 3.8) is 0 Å². The van der Waals surface area contributed by atoms with Crippen LogP contribution in [0.25, 0.3) is 0 Å². The third kappa shape index (κ3) is 20.1. The van der Waals surface area contributed by atoms with E-state index < -0.39 is 5.97 Å². The van der Waals surface area contributed by atoms with E-state index in [2.05, 4.69) is 13.5 Å². The summed E-state index contributed by atoms with van der Waals surface area (Å²) in [5.74, 6) is -0.346. The second-order valence-corrected chi connectivity index (χ2v) is 8.96. The molecule has 0 radical (unpaired) electrons. The molecule has 0 amide bonds. The minimum absolute atomic E-state index is 0.0965. The van der Waals surface area contributed by atoms with Gasteiger partial charge in [-0.05, 0) is 20.5 Å². The SMILES string of the molecule is C=C(CC(=O)CCCCCCCCCCCCCCCCC)C(=O)OCCN(C)C. The number of hydrogen-bond donors (Lipinski definition) is 0. The first-order valence-electron chi connectivity index (χ1n) is 12.5. The van der Waals surface area contributed by atoms with E-state index in [1.807, 2.05) is 19.0 Å². The van der Waals surface area contributed by atoms with Crippen LogP contribution in [0.15, 0.2) is 12.2 Å². The van der Waals surface area contributed by atoms with Crippen LogP contribution in [0.5, 0.6) is 0 Å². The molecule has 0 spiro atoms. The Morgan fingerprint density at radius 1 is 0.733 bits per heavy atom. The summed E-state index contributed by atoms with van der Waals surface area (Å²) in [7, 11) is 3.84. The number of likely N-dealkylation sites (N-methyl/N-ethyl adjacent to an activating group) is 1. The maximum atomic E-state index is 12.0. The van der Waals surface area contributed by atoms with E-state index in [-0.39, 0.29) is 17.8 Å². The van der Waals surface area contributed by atoms with Crippen molar-refractivity contribution in [1.82, 2.24) is 4.90 Å². The van der Waals surface area contributed by atoms with Gasteiger partial charge in [0, 0.05) is 25.0 Å². The van der Waals surface area contributed by atoms with Crippen molar-refractivity contribution in [3.05, 3.63) is 12.2 Å². The normalized spacial score (nSPS) is 11.1. The molecule has 0 unspecified atom stereocenters. The molecule has 0 aromatic carbocycles. The maximum Gasteiger partial charge on any atom is 0.333 e. The average Bonchev–Trinajstić information content (AvgIpc) is 2.70. The van der Waals surface area contributed by atoms with Gasteiger partial charge in [-0.15, -0.1) is 0 Å². The maximum absolute atomic E-state index is 12.0. The molecule has 0 rings (SSSR count). The third-order valence-corrected chi connectivity index (χ3v) is 5.53. The van der Waals surface area contributed by atoms with Gasteiger partial charge in [-0.3, -0.25) is 4.79 Å². The standard InChI is InChI=1S/C26H49NO3/c1-5-6-7-8-9-10-11-12-13-14-15-16-17-18-19-20-25(28)23-24(2)26(29)30-22-21-27(3)4/h2,5-23H2,1,3-4H3. The summed E-state index contributed by atoms with van der Waals surface area (Å²) in [6.45, 7) is 6.98. The Bertz CT molecular complexity index is 446. The number of ether oxygens (including phenoxy) is 1. The van der Waals surface area contributed by atoms with Crippen LogP contribution >= 0.6 is 0 Å². The monoisotopic (exact) mass is 423 g/mol. The Morgan fingerprint density at radius 3 is 1.60 bits per heavy atom. The number of esters is 1. The van der Waals surface area contributed by atoms with Gasteiger partial charge in [0.25, 0.3) is 0 Å². The van der Waals surface area contributed by atoms with Crippen molar-refractivity contribution in [2.24, 2.45) is 0 Å². The van der Waals surface area contributed by atoms with Crippen LogP contribution in [0.1, 0.15) is 116 Å². The molecule has 0 fully saturated rings. The highest BCUT2D eigenvalue weighted by molar-refractivity contribution is 5.95. The van der Waals surface area contributed by atoms with Crippen LogP contribution in [0, 0.1) is 0 Å². The van der Waals surface area contributed by atoms with Crippen LogP contribution in [0.3, 0.4) is 0 Å². The van der Waals surface area contributed by atoms with Crippen LogP contribution in [0.2, 0.25) is 0 Å². The lowest BCUT2D eigenvalue weighted by atomic mass is 10.0. The number of ketones is 1. The van der Waals surface area contributed by atoms with Crippen molar-refractivity contribution in [1.29, 1.82) is 0 Å². The molecule has 0 heterocycles. The zero-order chi connectivity index (χ0) is 22.5. The zero-order valence-corrected chi connectivity index (χ0v) is 20.3. The molecule has 0 saturated carbocycles. The Kier molecular flexibility index (Phi) is 20.3. The average molecular weight is 424 g/mol. The highest BCUT2D eigenvalue weighted by Crippen LogP contribution is 2.14. The molecule has 4 nitrogen and oxygen atoms in total. The molecule has 0 aliphatic rings. The van der Waals surface area contributed by atoms with E-state index in [4.69, 9.17) is 4.74 Å². The fourth-order valence-corrected chi connectivity index (χ4v) is 3.52. The Balaban J connectivity index is 3.40. The number of carbonyl (C=O) groups excluding carboxylic acids is 2. The van der Waals surface area contributed by atoms with Gasteiger partial charge < -0.3 is 9.64 Å². The zero-order valence-electron chi connectivity index (χ0n) is 20.3. The second-order valence-electron chi connectivity index (χ2n) is 8.96. The largest absolute Gasteiger partial charge is 0.461 e. The van der Waals surface area contributed by atoms with Gasteiger partial charge in [-0.25, -0.2) is 4.79 Å². The molecule has 0 N–H and O–H groups in total. The first-order valence-corrected chi connectivity index (χ1v) is 12.5. The molecular formula is C26H49NO3. The van der Waals surface area contributed by atoms with Crippen LogP contribution in [-0.2, 0) is 14.3 Å². The van der Waals surface area contributed by atoms with E-state index in [1.165, 1.54) is 83.5 Å². The lowest BCUT2D eigenvalue weighted by molar-refractivity contribution is -0.140. The van der Waals surface area contributed by atoms with E-state index in [0.29, 0.717) is 19.6 Å². The Morgan fingerprint density at radius 2 is 1.17 bits per heavy atom. The van der Waals surface area contributed by atoms with Crippen molar-refractivity contribution in [3.8, 4) is 0 Å². The lowest BCUT2D eigenvalue weighted by Crippen LogP contribution is -2.21. The van der Waals surface area contributed by atoms with E-state index in [9.17, 15) is 9.59 Å². The predicted molar refractivity (Wildman–Crippen MR) is 128 cm³/mol. The number of hydrogen-bond acceptors (Lipinski definition) is 4. The summed E-state index contributed by atoms with van der Waals surface area (Å²) in [6, 6.07) is 0. The molecule has 0 atom stereocenters. The first-order chi connectivity index (χ1) is 14.5. The molecule has 176 valence electrons. The highest BCUT2D eigenvalue weighted by atomic mass is 16.5. The quantitative estimate of drug-likeness (QED) is 0.108. The van der Waals surface area contributed by atoms with Gasteiger partial charge in [0.2, 0.25) is 0 Å². The molecule has 30 heavy (non-hydrogen) atoms. The summed E-state index contributed by atoms with van der Waals surface area (Å²) in [6.07, 6.45) is 20.4. The van der Waals surface area contributed by atoms with E-state index >= 15 is 0 Å². The number of nitrogens with zero attached hydrogens (tertiary/aromatic N) is 1. The molecule has 0 aliphatic heterocycles. The van der Waals surface area contributed by atoms with Gasteiger partial charge in [0.05, 0.1) is 0 Å². The van der Waals surface area contributed by atoms with Crippen molar-refractivity contribution >= 4 is 11.8 Å². The summed E-state index contributed by atoms with van der Waals surface area (Å²) in [5.41, 5.74) is 0.278. The van der Waals surface area contributed by atoms with Crippen LogP contribution in [-0.4, -0.2) is 43.9 Å². The van der Waals surface area contributed by atoms with Gasteiger partial charge in [-0.1, -0.05) is 103 Å². The summed E-state index contributed by atoms with van der Waals surface area (Å²) >= 11 is 0. The van der Waals surface area contributed by atoms with E-state index in [1.54, 1.807) is 0 Å². The molecule has 0 saturated heterocycles. The third-order valence-electron chi connectivity index (χ3n) is 5.53. The fourth-order valence-electron chi connectivity index (χ4n) is 3.52. The number of unbranched alkanes of at least 4 members (excludes halogenated alkanes) is 14. The molecule has 0 bridgehead atoms. The summed E-state index contributed by atoms with van der Waals surface area (Å²) < 4.78 is 5.11. The Hall–Kier alpha value is -1.16. The molecule has 0 aromatic rings. The summed E-state index contributed by atoms with van der Waals surface area (Å²) in [5, 5.41) is 0. The van der Waals surface area contributed by atoms with Crippen molar-refractivity contribution < 1.29 is 14.3 Å². The summed E-state index contributed by atoms with van der Waals surface area (Å²) in [4.78, 5) is 25.7. The lowest BCUT2D eigenvalue weighted by Gasteiger charge is -2.10. The minimum atomic E-state index is -0.443. The van der Waals surface area contributed by atoms with E-state index in [0.717, 1.165) is 12.8 Å². The molecule has 4 heteroatoms. The minimum Gasteiger partial charge on any atom is -0.461 e. The smallest absolute Gasteiger partial charge is 0.333 e. The molecule has 0 aromatic heterocycles. The molecule has 0 aliphatic carbocycles. The number of rotatable bonds is 22. The second kappa shape index (κ2) is 21.1. The predicted octanol–water partition coefficient (Wildman–Crippen LogP) is 6.87. The topological polar surface area (TPSA) is 46.6 Å². The van der Waals surface area contributed by atoms with Gasteiger partial charge in [-0.2, -0.15) is 0 Å². The first kappa shape index (κ1) is 28.8. The Labute approximate surface area is 186 Å². The molecular weight excluding hydrogens is 374 g/mol. The van der Waals surface area contributed by atoms with Gasteiger partial charge >= 0.3 is 5.97 Å². The van der Waals surface area contributed by atoms with Crippen LogP contribution < -0.4 is 0 Å². The van der Waals surface area contributed by atoms with Crippen molar-refractivity contribution in [2.45, 2.75) is 116 Å². The van der Waals surface area contributed by atoms with Crippen LogP contribution in [0.4, 0.5) is 0 Å². The number of carbonyl (C=O) groups is 2.